The minimum atomic E-state index is -0.146. The molecular weight excluding hydrogens is 230 g/mol. The molecule has 106 valence electrons. The summed E-state index contributed by atoms with van der Waals surface area (Å²) in [6.45, 7) is 11.4. The summed E-state index contributed by atoms with van der Waals surface area (Å²) in [5.41, 5.74) is 11.2. The Hall–Kier alpha value is -0.820. The van der Waals surface area contributed by atoms with Crippen LogP contribution in [0.4, 0.5) is 0 Å². The number of benzene rings is 1. The van der Waals surface area contributed by atoms with Crippen LogP contribution in [0.25, 0.3) is 0 Å². The van der Waals surface area contributed by atoms with Crippen molar-refractivity contribution in [3.8, 4) is 0 Å². The van der Waals surface area contributed by atoms with Gasteiger partial charge in [0.15, 0.2) is 0 Å². The highest BCUT2D eigenvalue weighted by Crippen LogP contribution is 2.48. The molecule has 2 rings (SSSR count). The van der Waals surface area contributed by atoms with Crippen LogP contribution in [0.2, 0.25) is 0 Å². The summed E-state index contributed by atoms with van der Waals surface area (Å²) >= 11 is 0. The lowest BCUT2D eigenvalue weighted by Crippen LogP contribution is -2.51. The Morgan fingerprint density at radius 3 is 2.47 bits per heavy atom. The standard InChI is InChI=1S/C18H29N/c1-13-9-10-14(2)15(12-13)18(19)11-7-6-8-16(18)17(3,4)5/h9-10,12,16H,6-8,11,19H2,1-5H3. The molecule has 0 bridgehead atoms. The van der Waals surface area contributed by atoms with Gasteiger partial charge in [-0.2, -0.15) is 0 Å². The first-order valence-electron chi connectivity index (χ1n) is 7.62. The molecule has 1 saturated carbocycles. The lowest BCUT2D eigenvalue weighted by Gasteiger charge is -2.49. The van der Waals surface area contributed by atoms with Crippen molar-refractivity contribution >= 4 is 0 Å². The quantitative estimate of drug-likeness (QED) is 0.777. The first kappa shape index (κ1) is 14.6. The second kappa shape index (κ2) is 4.94. The Balaban J connectivity index is 2.51. The van der Waals surface area contributed by atoms with Crippen LogP contribution in [-0.2, 0) is 5.54 Å². The van der Waals surface area contributed by atoms with E-state index in [0.29, 0.717) is 5.92 Å². The van der Waals surface area contributed by atoms with Gasteiger partial charge in [0.1, 0.15) is 0 Å². The molecule has 0 heterocycles. The molecule has 1 aliphatic carbocycles. The number of hydrogen-bond donors (Lipinski definition) is 1. The van der Waals surface area contributed by atoms with E-state index in [1.807, 2.05) is 0 Å². The van der Waals surface area contributed by atoms with Gasteiger partial charge in [0.25, 0.3) is 0 Å². The first-order valence-corrected chi connectivity index (χ1v) is 7.62. The molecule has 0 amide bonds. The van der Waals surface area contributed by atoms with Crippen LogP contribution in [-0.4, -0.2) is 0 Å². The average molecular weight is 259 g/mol. The van der Waals surface area contributed by atoms with Crippen molar-refractivity contribution in [2.24, 2.45) is 17.1 Å². The second-order valence-corrected chi connectivity index (χ2v) is 7.52. The van der Waals surface area contributed by atoms with Crippen molar-refractivity contribution in [3.63, 3.8) is 0 Å². The Kier molecular flexibility index (Phi) is 3.79. The lowest BCUT2D eigenvalue weighted by molar-refractivity contribution is 0.0773. The molecule has 1 fully saturated rings. The second-order valence-electron chi connectivity index (χ2n) is 7.52. The van der Waals surface area contributed by atoms with Gasteiger partial charge < -0.3 is 5.73 Å². The average Bonchev–Trinajstić information content (AvgIpc) is 2.31. The van der Waals surface area contributed by atoms with E-state index in [1.54, 1.807) is 0 Å². The molecular formula is C18H29N. The summed E-state index contributed by atoms with van der Waals surface area (Å²) in [6.07, 6.45) is 4.97. The van der Waals surface area contributed by atoms with Crippen molar-refractivity contribution in [2.75, 3.05) is 0 Å². The number of nitrogens with two attached hydrogens (primary N) is 1. The normalized spacial score (nSPS) is 28.4. The topological polar surface area (TPSA) is 26.0 Å². The van der Waals surface area contributed by atoms with Crippen LogP contribution in [0.3, 0.4) is 0 Å². The summed E-state index contributed by atoms with van der Waals surface area (Å²) in [4.78, 5) is 0. The van der Waals surface area contributed by atoms with Crippen molar-refractivity contribution in [1.29, 1.82) is 0 Å². The molecule has 1 aliphatic rings. The molecule has 1 nitrogen and oxygen atoms in total. The Bertz CT molecular complexity index is 455. The minimum absolute atomic E-state index is 0.146. The molecule has 0 radical (unpaired) electrons. The molecule has 1 heteroatoms. The summed E-state index contributed by atoms with van der Waals surface area (Å²) in [5.74, 6) is 0.564. The Labute approximate surface area is 118 Å². The zero-order valence-corrected chi connectivity index (χ0v) is 13.2. The van der Waals surface area contributed by atoms with Gasteiger partial charge in [0.05, 0.1) is 0 Å². The summed E-state index contributed by atoms with van der Waals surface area (Å²) in [7, 11) is 0. The smallest absolute Gasteiger partial charge is 0.0445 e. The SMILES string of the molecule is Cc1ccc(C)c(C2(N)CCCCC2C(C)(C)C)c1. The largest absolute Gasteiger partial charge is 0.321 e. The molecule has 0 spiro atoms. The maximum Gasteiger partial charge on any atom is 0.0445 e. The van der Waals surface area contributed by atoms with E-state index in [0.717, 1.165) is 6.42 Å². The maximum absolute atomic E-state index is 6.98. The van der Waals surface area contributed by atoms with E-state index in [-0.39, 0.29) is 11.0 Å². The highest BCUT2D eigenvalue weighted by Gasteiger charge is 2.45. The summed E-state index contributed by atoms with van der Waals surface area (Å²) in [6, 6.07) is 6.74. The van der Waals surface area contributed by atoms with Gasteiger partial charge in [-0.15, -0.1) is 0 Å². The molecule has 2 unspecified atom stereocenters. The molecule has 19 heavy (non-hydrogen) atoms. The third-order valence-electron chi connectivity index (χ3n) is 4.89. The Morgan fingerprint density at radius 2 is 1.84 bits per heavy atom. The van der Waals surface area contributed by atoms with Crippen molar-refractivity contribution in [1.82, 2.24) is 0 Å². The number of hydrogen-bond acceptors (Lipinski definition) is 1. The van der Waals surface area contributed by atoms with Gasteiger partial charge in [0.2, 0.25) is 0 Å². The van der Waals surface area contributed by atoms with Crippen molar-refractivity contribution in [2.45, 2.75) is 65.8 Å². The molecule has 1 aromatic carbocycles. The van der Waals surface area contributed by atoms with Gasteiger partial charge in [-0.1, -0.05) is 57.4 Å². The molecule has 0 aliphatic heterocycles. The van der Waals surface area contributed by atoms with E-state index >= 15 is 0 Å². The minimum Gasteiger partial charge on any atom is -0.321 e. The van der Waals surface area contributed by atoms with E-state index in [1.165, 1.54) is 36.0 Å². The highest BCUT2D eigenvalue weighted by molar-refractivity contribution is 5.37. The fourth-order valence-corrected chi connectivity index (χ4v) is 3.96. The van der Waals surface area contributed by atoms with Gasteiger partial charge in [-0.3, -0.25) is 0 Å². The molecule has 0 aromatic heterocycles. The predicted octanol–water partition coefficient (Wildman–Crippen LogP) is 4.69. The van der Waals surface area contributed by atoms with E-state index < -0.39 is 0 Å². The molecule has 2 N–H and O–H groups in total. The fourth-order valence-electron chi connectivity index (χ4n) is 3.96. The fraction of sp³-hybridized carbons (Fsp3) is 0.667. The van der Waals surface area contributed by atoms with Gasteiger partial charge in [0, 0.05) is 5.54 Å². The third-order valence-corrected chi connectivity index (χ3v) is 4.89. The van der Waals surface area contributed by atoms with Crippen molar-refractivity contribution < 1.29 is 0 Å². The molecule has 0 saturated heterocycles. The maximum atomic E-state index is 6.98. The first-order chi connectivity index (χ1) is 8.75. The Morgan fingerprint density at radius 1 is 1.16 bits per heavy atom. The van der Waals surface area contributed by atoms with Gasteiger partial charge in [-0.25, -0.2) is 0 Å². The van der Waals surface area contributed by atoms with E-state index in [2.05, 4.69) is 52.8 Å². The van der Waals surface area contributed by atoms with Crippen LogP contribution in [0, 0.1) is 25.2 Å². The summed E-state index contributed by atoms with van der Waals surface area (Å²) in [5, 5.41) is 0. The van der Waals surface area contributed by atoms with Crippen LogP contribution in [0.1, 0.15) is 63.1 Å². The molecule has 1 aromatic rings. The van der Waals surface area contributed by atoms with Crippen molar-refractivity contribution in [3.05, 3.63) is 34.9 Å². The number of aryl methyl sites for hydroxylation is 2. The highest BCUT2D eigenvalue weighted by atomic mass is 14.8. The van der Waals surface area contributed by atoms with E-state index in [9.17, 15) is 0 Å². The van der Waals surface area contributed by atoms with Gasteiger partial charge in [-0.05, 0) is 49.1 Å². The number of rotatable bonds is 1. The zero-order chi connectivity index (χ0) is 14.3. The van der Waals surface area contributed by atoms with Crippen LogP contribution < -0.4 is 5.73 Å². The third kappa shape index (κ3) is 2.72. The molecule has 2 atom stereocenters. The summed E-state index contributed by atoms with van der Waals surface area (Å²) < 4.78 is 0. The van der Waals surface area contributed by atoms with Crippen LogP contribution in [0.5, 0.6) is 0 Å². The van der Waals surface area contributed by atoms with Crippen LogP contribution >= 0.6 is 0 Å². The predicted molar refractivity (Wildman–Crippen MR) is 83.2 cm³/mol. The van der Waals surface area contributed by atoms with E-state index in [4.69, 9.17) is 5.73 Å². The zero-order valence-electron chi connectivity index (χ0n) is 13.2. The van der Waals surface area contributed by atoms with Gasteiger partial charge >= 0.3 is 0 Å². The lowest BCUT2D eigenvalue weighted by atomic mass is 9.59. The van der Waals surface area contributed by atoms with Crippen LogP contribution in [0.15, 0.2) is 18.2 Å². The monoisotopic (exact) mass is 259 g/mol.